The van der Waals surface area contributed by atoms with Crippen LogP contribution in [0.5, 0.6) is 0 Å². The van der Waals surface area contributed by atoms with Crippen LogP contribution in [-0.2, 0) is 10.3 Å². The second-order valence-electron chi connectivity index (χ2n) is 8.67. The average Bonchev–Trinajstić information content (AvgIpc) is 3.27. The molecular weight excluding hydrogens is 489 g/mol. The van der Waals surface area contributed by atoms with E-state index in [-0.39, 0.29) is 34.9 Å². The molecule has 0 aliphatic carbocycles. The molecule has 3 aromatic heterocycles. The first-order valence-corrected chi connectivity index (χ1v) is 11.4. The minimum atomic E-state index is -5.00. The number of benzene rings is 1. The third-order valence-corrected chi connectivity index (χ3v) is 6.51. The summed E-state index contributed by atoms with van der Waals surface area (Å²) >= 11 is 0. The lowest BCUT2D eigenvalue weighted by Gasteiger charge is -2.31. The predicted octanol–water partition coefficient (Wildman–Crippen LogP) is 3.76. The van der Waals surface area contributed by atoms with Gasteiger partial charge in [0.2, 0.25) is 5.60 Å². The van der Waals surface area contributed by atoms with Gasteiger partial charge in [-0.1, -0.05) is 12.1 Å². The highest BCUT2D eigenvalue weighted by Crippen LogP contribution is 2.44. The summed E-state index contributed by atoms with van der Waals surface area (Å²) in [6.45, 7) is 0.705. The molecule has 1 fully saturated rings. The summed E-state index contributed by atoms with van der Waals surface area (Å²) in [7, 11) is 0. The molecule has 5 rings (SSSR count). The number of rotatable bonds is 5. The molecule has 1 saturated heterocycles. The van der Waals surface area contributed by atoms with E-state index in [0.717, 1.165) is 24.3 Å². The number of anilines is 2. The standard InChI is InChI=1S/C25H21F3N6O3/c26-25(27,28)24(36,17-5-9-30-10-6-17)16-1-3-18(4-2-16)32-22-21-19(7-11-31-23(21)35)34(33-22)20-14-37-12-8-15(20)13-29/h1-7,9-11,15,20,36H,8,12,14H2,(H,31,35)(H,32,33)/t15-,20+,24?/m1/s1. The number of hydrogen-bond acceptors (Lipinski definition) is 7. The zero-order valence-corrected chi connectivity index (χ0v) is 19.2. The number of nitrogens with zero attached hydrogens (tertiary/aromatic N) is 4. The van der Waals surface area contributed by atoms with Crippen LogP contribution >= 0.6 is 0 Å². The number of pyridine rings is 2. The maximum Gasteiger partial charge on any atom is 0.425 e. The quantitative estimate of drug-likeness (QED) is 0.373. The van der Waals surface area contributed by atoms with Crippen molar-refractivity contribution in [1.82, 2.24) is 19.7 Å². The van der Waals surface area contributed by atoms with E-state index in [1.807, 2.05) is 0 Å². The van der Waals surface area contributed by atoms with Gasteiger partial charge in [-0.05, 0) is 42.3 Å². The molecule has 37 heavy (non-hydrogen) atoms. The lowest BCUT2D eigenvalue weighted by Crippen LogP contribution is -2.43. The monoisotopic (exact) mass is 510 g/mol. The van der Waals surface area contributed by atoms with Crippen LogP contribution in [0.2, 0.25) is 0 Å². The van der Waals surface area contributed by atoms with Gasteiger partial charge in [-0.25, -0.2) is 0 Å². The fraction of sp³-hybridized carbons (Fsp3) is 0.280. The Bertz CT molecular complexity index is 1510. The highest BCUT2D eigenvalue weighted by atomic mass is 19.4. The largest absolute Gasteiger partial charge is 0.425 e. The second kappa shape index (κ2) is 9.34. The van der Waals surface area contributed by atoms with E-state index >= 15 is 0 Å². The van der Waals surface area contributed by atoms with Crippen LogP contribution in [0.25, 0.3) is 10.9 Å². The Balaban J connectivity index is 1.52. The van der Waals surface area contributed by atoms with Gasteiger partial charge in [0.1, 0.15) is 5.39 Å². The van der Waals surface area contributed by atoms with E-state index in [9.17, 15) is 28.3 Å². The van der Waals surface area contributed by atoms with E-state index in [1.54, 1.807) is 10.7 Å². The average molecular weight is 510 g/mol. The van der Waals surface area contributed by atoms with Crippen LogP contribution in [0.1, 0.15) is 23.6 Å². The first-order chi connectivity index (χ1) is 17.7. The molecule has 12 heteroatoms. The number of aromatic nitrogens is 4. The summed E-state index contributed by atoms with van der Waals surface area (Å²) < 4.78 is 49.2. The minimum absolute atomic E-state index is 0.173. The Kier molecular flexibility index (Phi) is 6.18. The van der Waals surface area contributed by atoms with Gasteiger partial charge in [-0.15, -0.1) is 0 Å². The maximum absolute atomic E-state index is 14.0. The number of ether oxygens (including phenoxy) is 1. The van der Waals surface area contributed by atoms with E-state index in [2.05, 4.69) is 26.5 Å². The number of halogens is 3. The highest BCUT2D eigenvalue weighted by Gasteiger charge is 2.56. The Labute approximate surface area is 208 Å². The number of aliphatic hydroxyl groups is 1. The summed E-state index contributed by atoms with van der Waals surface area (Å²) in [4.78, 5) is 19.0. The molecule has 0 saturated carbocycles. The summed E-state index contributed by atoms with van der Waals surface area (Å²) in [6.07, 6.45) is -0.645. The molecule has 1 aliphatic heterocycles. The van der Waals surface area contributed by atoms with Gasteiger partial charge in [0.15, 0.2) is 5.82 Å². The van der Waals surface area contributed by atoms with Crippen molar-refractivity contribution >= 4 is 22.4 Å². The van der Waals surface area contributed by atoms with Crippen molar-refractivity contribution in [2.45, 2.75) is 24.2 Å². The van der Waals surface area contributed by atoms with Crippen LogP contribution in [0.3, 0.4) is 0 Å². The van der Waals surface area contributed by atoms with Crippen LogP contribution in [-0.4, -0.2) is 44.2 Å². The molecule has 0 bridgehead atoms. The summed E-state index contributed by atoms with van der Waals surface area (Å²) in [6, 6.07) is 10.8. The zero-order chi connectivity index (χ0) is 26.2. The fourth-order valence-electron chi connectivity index (χ4n) is 4.57. The van der Waals surface area contributed by atoms with Crippen LogP contribution in [0, 0.1) is 17.2 Å². The van der Waals surface area contributed by atoms with E-state index in [0.29, 0.717) is 24.2 Å². The molecule has 1 unspecified atom stereocenters. The van der Waals surface area contributed by atoms with E-state index < -0.39 is 23.4 Å². The first-order valence-electron chi connectivity index (χ1n) is 11.4. The van der Waals surface area contributed by atoms with Gasteiger partial charge >= 0.3 is 6.18 Å². The third kappa shape index (κ3) is 4.22. The van der Waals surface area contributed by atoms with Crippen molar-refractivity contribution in [3.8, 4) is 6.07 Å². The summed E-state index contributed by atoms with van der Waals surface area (Å²) in [5, 5.41) is 28.1. The van der Waals surface area contributed by atoms with Crippen LogP contribution in [0.4, 0.5) is 24.7 Å². The lowest BCUT2D eigenvalue weighted by molar-refractivity contribution is -0.248. The lowest BCUT2D eigenvalue weighted by atomic mass is 9.86. The van der Waals surface area contributed by atoms with Crippen molar-refractivity contribution in [3.63, 3.8) is 0 Å². The topological polar surface area (TPSA) is 129 Å². The summed E-state index contributed by atoms with van der Waals surface area (Å²) in [5.74, 6) is -0.191. The van der Waals surface area contributed by atoms with E-state index in [1.165, 1.54) is 30.7 Å². The predicted molar refractivity (Wildman–Crippen MR) is 127 cm³/mol. The SMILES string of the molecule is N#C[C@H]1CCOC[C@@H]1n1nc(Nc2ccc(C(O)(c3ccncc3)C(F)(F)F)cc2)c2c(=O)[nH]ccc21. The highest BCUT2D eigenvalue weighted by molar-refractivity contribution is 5.91. The number of alkyl halides is 3. The molecule has 3 atom stereocenters. The number of fused-ring (bicyclic) bond motifs is 1. The molecule has 9 nitrogen and oxygen atoms in total. The number of H-pyrrole nitrogens is 1. The van der Waals surface area contributed by atoms with Crippen molar-refractivity contribution in [1.29, 1.82) is 5.26 Å². The molecule has 1 aromatic carbocycles. The number of nitrogens with one attached hydrogen (secondary N) is 2. The van der Waals surface area contributed by atoms with Crippen LogP contribution in [0.15, 0.2) is 65.8 Å². The minimum Gasteiger partial charge on any atom is -0.379 e. The second-order valence-corrected chi connectivity index (χ2v) is 8.67. The molecular formula is C25H21F3N6O3. The third-order valence-electron chi connectivity index (χ3n) is 6.51. The Morgan fingerprint density at radius 2 is 1.84 bits per heavy atom. The number of aromatic amines is 1. The van der Waals surface area contributed by atoms with Gasteiger partial charge in [0, 0.05) is 36.4 Å². The molecule has 3 N–H and O–H groups in total. The van der Waals surface area contributed by atoms with Gasteiger partial charge in [-0.3, -0.25) is 14.5 Å². The Morgan fingerprint density at radius 1 is 1.14 bits per heavy atom. The molecule has 1 aliphatic rings. The summed E-state index contributed by atoms with van der Waals surface area (Å²) in [5.41, 5.74) is -3.59. The number of nitriles is 1. The van der Waals surface area contributed by atoms with E-state index in [4.69, 9.17) is 4.74 Å². The van der Waals surface area contributed by atoms with Crippen molar-refractivity contribution in [2.24, 2.45) is 5.92 Å². The zero-order valence-electron chi connectivity index (χ0n) is 19.2. The van der Waals surface area contributed by atoms with Crippen molar-refractivity contribution < 1.29 is 23.0 Å². The first kappa shape index (κ1) is 24.5. The fourth-order valence-corrected chi connectivity index (χ4v) is 4.57. The van der Waals surface area contributed by atoms with Gasteiger partial charge in [0.05, 0.1) is 30.2 Å². The molecule has 4 aromatic rings. The van der Waals surface area contributed by atoms with Crippen molar-refractivity contribution in [2.75, 3.05) is 18.5 Å². The Hall–Kier alpha value is -4.21. The molecule has 190 valence electrons. The molecule has 4 heterocycles. The van der Waals surface area contributed by atoms with Crippen LogP contribution < -0.4 is 10.9 Å². The maximum atomic E-state index is 14.0. The molecule has 0 amide bonds. The molecule has 0 spiro atoms. The van der Waals surface area contributed by atoms with Gasteiger partial charge in [-0.2, -0.15) is 23.5 Å². The molecule has 0 radical (unpaired) electrons. The normalized spacial score (nSPS) is 19.8. The van der Waals surface area contributed by atoms with Crippen molar-refractivity contribution in [3.05, 3.63) is 82.5 Å². The smallest absolute Gasteiger partial charge is 0.379 e. The number of hydrogen-bond donors (Lipinski definition) is 3. The van der Waals surface area contributed by atoms with Gasteiger partial charge in [0.25, 0.3) is 5.56 Å². The Morgan fingerprint density at radius 3 is 2.51 bits per heavy atom. The van der Waals surface area contributed by atoms with Gasteiger partial charge < -0.3 is 20.1 Å².